The molecule has 6 heteroatoms. The number of hydrogen-bond donors (Lipinski definition) is 0. The molecule has 4 rings (SSSR count). The van der Waals surface area contributed by atoms with Crippen molar-refractivity contribution in [3.63, 3.8) is 0 Å². The van der Waals surface area contributed by atoms with Crippen LogP contribution in [0.3, 0.4) is 0 Å². The van der Waals surface area contributed by atoms with E-state index in [2.05, 4.69) is 45.2 Å². The van der Waals surface area contributed by atoms with Crippen LogP contribution in [0.15, 0.2) is 103 Å². The molecular formula is C28H22I2N2O2. The fourth-order valence-electron chi connectivity index (χ4n) is 3.72. The minimum absolute atomic E-state index is 0.158. The molecule has 0 aliphatic carbocycles. The SMILES string of the molecule is CN(C(=O)c1ccccc1I)c1ccccc1C(=O)N(Cc1ccccc1)c1ccccc1I. The van der Waals surface area contributed by atoms with Gasteiger partial charge in [-0.15, -0.1) is 0 Å². The zero-order valence-corrected chi connectivity index (χ0v) is 22.8. The molecule has 2 amide bonds. The average molecular weight is 672 g/mol. The highest BCUT2D eigenvalue weighted by Crippen LogP contribution is 2.29. The monoisotopic (exact) mass is 672 g/mol. The lowest BCUT2D eigenvalue weighted by Gasteiger charge is -2.27. The molecule has 0 aromatic heterocycles. The first-order chi connectivity index (χ1) is 16.5. The molecule has 0 radical (unpaired) electrons. The standard InChI is InChI=1S/C28H22I2N2O2/c1-31(27(33)21-13-5-7-15-23(21)29)25-17-9-6-14-22(25)28(34)32(19-20-11-3-2-4-12-20)26-18-10-8-16-24(26)30/h2-18H,19H2,1H3. The Labute approximate surface area is 226 Å². The third-order valence-corrected chi connectivity index (χ3v) is 7.33. The van der Waals surface area contributed by atoms with Crippen molar-refractivity contribution >= 4 is 68.4 Å². The van der Waals surface area contributed by atoms with Crippen molar-refractivity contribution in [1.29, 1.82) is 0 Å². The van der Waals surface area contributed by atoms with E-state index in [1.165, 1.54) is 0 Å². The van der Waals surface area contributed by atoms with Gasteiger partial charge in [0.1, 0.15) is 0 Å². The van der Waals surface area contributed by atoms with E-state index in [1.807, 2.05) is 91.0 Å². The van der Waals surface area contributed by atoms with Crippen molar-refractivity contribution in [3.8, 4) is 0 Å². The second-order valence-electron chi connectivity index (χ2n) is 7.69. The van der Waals surface area contributed by atoms with E-state index in [4.69, 9.17) is 0 Å². The van der Waals surface area contributed by atoms with E-state index >= 15 is 0 Å². The van der Waals surface area contributed by atoms with Crippen molar-refractivity contribution in [2.24, 2.45) is 0 Å². The molecule has 0 saturated carbocycles. The fraction of sp³-hybridized carbons (Fsp3) is 0.0714. The van der Waals surface area contributed by atoms with Gasteiger partial charge in [-0.1, -0.05) is 66.7 Å². The number of amides is 2. The van der Waals surface area contributed by atoms with E-state index in [9.17, 15) is 9.59 Å². The highest BCUT2D eigenvalue weighted by molar-refractivity contribution is 14.1. The van der Waals surface area contributed by atoms with Crippen LogP contribution in [0.5, 0.6) is 0 Å². The molecule has 0 saturated heterocycles. The van der Waals surface area contributed by atoms with Crippen LogP contribution in [0.1, 0.15) is 26.3 Å². The number of benzene rings is 4. The van der Waals surface area contributed by atoms with E-state index in [0.717, 1.165) is 18.4 Å². The van der Waals surface area contributed by atoms with Crippen LogP contribution >= 0.6 is 45.2 Å². The minimum Gasteiger partial charge on any atom is -0.311 e. The zero-order valence-electron chi connectivity index (χ0n) is 18.5. The summed E-state index contributed by atoms with van der Waals surface area (Å²) < 4.78 is 1.84. The number of halogens is 2. The van der Waals surface area contributed by atoms with Gasteiger partial charge in [0.25, 0.3) is 11.8 Å². The van der Waals surface area contributed by atoms with Crippen molar-refractivity contribution in [2.45, 2.75) is 6.54 Å². The summed E-state index contributed by atoms with van der Waals surface area (Å²) in [6.45, 7) is 0.419. The van der Waals surface area contributed by atoms with E-state index in [-0.39, 0.29) is 11.8 Å². The van der Waals surface area contributed by atoms with Gasteiger partial charge < -0.3 is 9.80 Å². The van der Waals surface area contributed by atoms with Crippen LogP contribution in [0.2, 0.25) is 0 Å². The van der Waals surface area contributed by atoms with Crippen molar-refractivity contribution < 1.29 is 9.59 Å². The molecule has 4 aromatic carbocycles. The van der Waals surface area contributed by atoms with Gasteiger partial charge in [-0.2, -0.15) is 0 Å². The molecule has 170 valence electrons. The Morgan fingerprint density at radius 1 is 0.618 bits per heavy atom. The van der Waals surface area contributed by atoms with Gasteiger partial charge in [-0.25, -0.2) is 0 Å². The third-order valence-electron chi connectivity index (χ3n) is 5.48. The summed E-state index contributed by atoms with van der Waals surface area (Å²) in [7, 11) is 1.71. The van der Waals surface area contributed by atoms with Crippen LogP contribution in [0.25, 0.3) is 0 Å². The second kappa shape index (κ2) is 11.1. The summed E-state index contributed by atoms with van der Waals surface area (Å²) in [5.41, 5.74) is 3.50. The van der Waals surface area contributed by atoms with Gasteiger partial charge in [-0.3, -0.25) is 9.59 Å². The highest BCUT2D eigenvalue weighted by Gasteiger charge is 2.26. The van der Waals surface area contributed by atoms with Gasteiger partial charge in [0.2, 0.25) is 0 Å². The Bertz CT molecular complexity index is 1320. The van der Waals surface area contributed by atoms with Crippen molar-refractivity contribution in [2.75, 3.05) is 16.8 Å². The molecule has 0 atom stereocenters. The lowest BCUT2D eigenvalue weighted by Crippen LogP contribution is -2.34. The largest absolute Gasteiger partial charge is 0.311 e. The third kappa shape index (κ3) is 5.33. The molecule has 4 aromatic rings. The maximum Gasteiger partial charge on any atom is 0.260 e. The number of carbonyl (C=O) groups excluding carboxylic acids is 2. The molecule has 0 N–H and O–H groups in total. The first-order valence-corrected chi connectivity index (χ1v) is 12.8. The summed E-state index contributed by atoms with van der Waals surface area (Å²) in [6, 6.07) is 32.5. The molecule has 0 bridgehead atoms. The smallest absolute Gasteiger partial charge is 0.260 e. The maximum absolute atomic E-state index is 14.0. The normalized spacial score (nSPS) is 10.6. The lowest BCUT2D eigenvalue weighted by atomic mass is 10.1. The fourth-order valence-corrected chi connectivity index (χ4v) is 5.02. The number of hydrogen-bond acceptors (Lipinski definition) is 2. The molecular weight excluding hydrogens is 650 g/mol. The molecule has 4 nitrogen and oxygen atoms in total. The minimum atomic E-state index is -0.161. The quantitative estimate of drug-likeness (QED) is 0.207. The zero-order chi connectivity index (χ0) is 24.1. The summed E-state index contributed by atoms with van der Waals surface area (Å²) in [5, 5.41) is 0. The Balaban J connectivity index is 1.75. The molecule has 34 heavy (non-hydrogen) atoms. The van der Waals surface area contributed by atoms with Crippen LogP contribution in [-0.2, 0) is 6.54 Å². The van der Waals surface area contributed by atoms with Gasteiger partial charge in [-0.05, 0) is 87.1 Å². The molecule has 0 aliphatic rings. The Kier molecular flexibility index (Phi) is 7.99. The number of rotatable bonds is 6. The van der Waals surface area contributed by atoms with Crippen LogP contribution < -0.4 is 9.80 Å². The van der Waals surface area contributed by atoms with Crippen LogP contribution in [-0.4, -0.2) is 18.9 Å². The van der Waals surface area contributed by atoms with Gasteiger partial charge in [0.15, 0.2) is 0 Å². The molecule has 0 heterocycles. The van der Waals surface area contributed by atoms with Crippen LogP contribution in [0.4, 0.5) is 11.4 Å². The number of para-hydroxylation sites is 2. The maximum atomic E-state index is 14.0. The van der Waals surface area contributed by atoms with Gasteiger partial charge in [0, 0.05) is 14.2 Å². The van der Waals surface area contributed by atoms with E-state index < -0.39 is 0 Å². The average Bonchev–Trinajstić information content (AvgIpc) is 2.87. The number of nitrogens with zero attached hydrogens (tertiary/aromatic N) is 2. The Morgan fingerprint density at radius 2 is 1.15 bits per heavy atom. The van der Waals surface area contributed by atoms with Crippen LogP contribution in [0, 0.1) is 7.14 Å². The van der Waals surface area contributed by atoms with Gasteiger partial charge >= 0.3 is 0 Å². The summed E-state index contributed by atoms with van der Waals surface area (Å²) in [5.74, 6) is -0.319. The van der Waals surface area contributed by atoms with E-state index in [0.29, 0.717) is 23.4 Å². The first-order valence-electron chi connectivity index (χ1n) is 10.7. The predicted octanol–water partition coefficient (Wildman–Crippen LogP) is 7.02. The second-order valence-corrected chi connectivity index (χ2v) is 10.0. The Hall–Kier alpha value is -2.72. The molecule has 0 unspecified atom stereocenters. The highest BCUT2D eigenvalue weighted by atomic mass is 127. The molecule has 0 spiro atoms. The lowest BCUT2D eigenvalue weighted by molar-refractivity contribution is 0.0985. The Morgan fingerprint density at radius 3 is 1.79 bits per heavy atom. The van der Waals surface area contributed by atoms with Gasteiger partial charge in [0.05, 0.1) is 29.0 Å². The van der Waals surface area contributed by atoms with Crippen molar-refractivity contribution in [1.82, 2.24) is 0 Å². The topological polar surface area (TPSA) is 40.6 Å². The summed E-state index contributed by atoms with van der Waals surface area (Å²) in [6.07, 6.45) is 0. The summed E-state index contributed by atoms with van der Waals surface area (Å²) >= 11 is 4.42. The molecule has 0 fully saturated rings. The summed E-state index contributed by atoms with van der Waals surface area (Å²) in [4.78, 5) is 30.7. The predicted molar refractivity (Wildman–Crippen MR) is 154 cm³/mol. The first kappa shape index (κ1) is 24.4. The number of carbonyl (C=O) groups is 2. The van der Waals surface area contributed by atoms with Crippen molar-refractivity contribution in [3.05, 3.63) is 127 Å². The number of anilines is 2. The molecule has 0 aliphatic heterocycles. The van der Waals surface area contributed by atoms with E-state index in [1.54, 1.807) is 29.0 Å².